The molecule has 0 radical (unpaired) electrons. The molecule has 0 aliphatic carbocycles. The molecule has 0 saturated carbocycles. The number of alkyl carbamates (subject to hydrolysis) is 1. The number of aromatic nitrogens is 2. The molecule has 1 atom stereocenters. The Balaban J connectivity index is 2.65. The van der Waals surface area contributed by atoms with Crippen molar-refractivity contribution in [2.45, 2.75) is 12.5 Å². The van der Waals surface area contributed by atoms with Crippen LogP contribution in [0.2, 0.25) is 0 Å². The Labute approximate surface area is 92.6 Å². The van der Waals surface area contributed by atoms with Gasteiger partial charge >= 0.3 is 6.09 Å². The molecule has 0 aliphatic heterocycles. The van der Waals surface area contributed by atoms with Gasteiger partial charge < -0.3 is 20.4 Å². The van der Waals surface area contributed by atoms with Crippen LogP contribution in [-0.2, 0) is 23.0 Å². The molecule has 3 N–H and O–H groups in total. The van der Waals surface area contributed by atoms with Crippen molar-refractivity contribution in [3.8, 4) is 0 Å². The molecule has 2 amide bonds. The summed E-state index contributed by atoms with van der Waals surface area (Å²) in [6.45, 7) is 0. The molecule has 16 heavy (non-hydrogen) atoms. The second-order valence-electron chi connectivity index (χ2n) is 3.33. The predicted molar refractivity (Wildman–Crippen MR) is 55.4 cm³/mol. The first kappa shape index (κ1) is 12.0. The summed E-state index contributed by atoms with van der Waals surface area (Å²) in [4.78, 5) is 26.1. The topological polar surface area (TPSA) is 99.2 Å². The first-order valence-electron chi connectivity index (χ1n) is 4.63. The highest BCUT2D eigenvalue weighted by molar-refractivity contribution is 5.84. The summed E-state index contributed by atoms with van der Waals surface area (Å²) in [6.07, 6.45) is 2.89. The summed E-state index contributed by atoms with van der Waals surface area (Å²) < 4.78 is 6.13. The number of nitrogens with zero attached hydrogens (tertiary/aromatic N) is 2. The maximum Gasteiger partial charge on any atom is 0.407 e. The number of nitrogens with two attached hydrogens (primary N) is 1. The van der Waals surface area contributed by atoms with Crippen LogP contribution < -0.4 is 11.1 Å². The number of amides is 2. The molecule has 7 nitrogen and oxygen atoms in total. The molecular weight excluding hydrogens is 212 g/mol. The van der Waals surface area contributed by atoms with Gasteiger partial charge in [-0.3, -0.25) is 4.79 Å². The number of nitrogens with one attached hydrogen (secondary N) is 1. The number of hydrogen-bond donors (Lipinski definition) is 2. The largest absolute Gasteiger partial charge is 0.453 e. The van der Waals surface area contributed by atoms with E-state index >= 15 is 0 Å². The van der Waals surface area contributed by atoms with E-state index in [0.717, 1.165) is 0 Å². The van der Waals surface area contributed by atoms with Gasteiger partial charge in [0.25, 0.3) is 0 Å². The van der Waals surface area contributed by atoms with Gasteiger partial charge in [0.05, 0.1) is 19.1 Å². The Kier molecular flexibility index (Phi) is 3.87. The smallest absolute Gasteiger partial charge is 0.407 e. The molecule has 1 rings (SSSR count). The third-order valence-electron chi connectivity index (χ3n) is 1.99. The van der Waals surface area contributed by atoms with Gasteiger partial charge in [-0.2, -0.15) is 0 Å². The summed E-state index contributed by atoms with van der Waals surface area (Å²) in [5.41, 5.74) is 5.82. The van der Waals surface area contributed by atoms with E-state index < -0.39 is 18.0 Å². The zero-order valence-electron chi connectivity index (χ0n) is 9.14. The van der Waals surface area contributed by atoms with Crippen molar-refractivity contribution in [1.82, 2.24) is 14.9 Å². The van der Waals surface area contributed by atoms with Crippen molar-refractivity contribution in [3.63, 3.8) is 0 Å². The third-order valence-corrected chi connectivity index (χ3v) is 1.99. The molecule has 0 unspecified atom stereocenters. The fraction of sp³-hybridized carbons (Fsp3) is 0.444. The first-order valence-corrected chi connectivity index (χ1v) is 4.63. The minimum Gasteiger partial charge on any atom is -0.453 e. The summed E-state index contributed by atoms with van der Waals surface area (Å²) >= 11 is 0. The Morgan fingerprint density at radius 1 is 1.69 bits per heavy atom. The van der Waals surface area contributed by atoms with Crippen LogP contribution in [0.1, 0.15) is 5.69 Å². The third kappa shape index (κ3) is 3.26. The highest BCUT2D eigenvalue weighted by Gasteiger charge is 2.19. The zero-order valence-corrected chi connectivity index (χ0v) is 9.14. The maximum atomic E-state index is 11.1. The Bertz CT molecular complexity index is 388. The van der Waals surface area contributed by atoms with Crippen molar-refractivity contribution in [2.75, 3.05) is 7.11 Å². The number of carbonyl (C=O) groups is 2. The number of primary amides is 1. The fourth-order valence-corrected chi connectivity index (χ4v) is 1.21. The van der Waals surface area contributed by atoms with Gasteiger partial charge in [-0.25, -0.2) is 9.78 Å². The number of aryl methyl sites for hydroxylation is 1. The second kappa shape index (κ2) is 5.15. The van der Waals surface area contributed by atoms with Crippen LogP contribution in [0.4, 0.5) is 4.79 Å². The molecule has 0 spiro atoms. The number of hydrogen-bond acceptors (Lipinski definition) is 4. The van der Waals surface area contributed by atoms with Gasteiger partial charge in [0, 0.05) is 19.7 Å². The zero-order chi connectivity index (χ0) is 12.1. The normalized spacial score (nSPS) is 11.9. The van der Waals surface area contributed by atoms with Crippen LogP contribution in [0.15, 0.2) is 12.5 Å². The maximum absolute atomic E-state index is 11.1. The number of carbonyl (C=O) groups excluding carboxylic acids is 2. The molecule has 1 aromatic heterocycles. The van der Waals surface area contributed by atoms with Gasteiger partial charge in [0.2, 0.25) is 5.91 Å². The molecule has 0 aromatic carbocycles. The number of rotatable bonds is 4. The van der Waals surface area contributed by atoms with E-state index in [2.05, 4.69) is 15.0 Å². The van der Waals surface area contributed by atoms with E-state index in [4.69, 9.17) is 5.73 Å². The summed E-state index contributed by atoms with van der Waals surface area (Å²) in [6, 6.07) is -0.817. The van der Waals surface area contributed by atoms with Crippen molar-refractivity contribution >= 4 is 12.0 Å². The molecule has 0 fully saturated rings. The minimum absolute atomic E-state index is 0.241. The molecule has 1 heterocycles. The van der Waals surface area contributed by atoms with Crippen LogP contribution in [0, 0.1) is 0 Å². The van der Waals surface area contributed by atoms with E-state index in [0.29, 0.717) is 5.69 Å². The summed E-state index contributed by atoms with van der Waals surface area (Å²) in [5.74, 6) is -0.629. The lowest BCUT2D eigenvalue weighted by Gasteiger charge is -2.12. The second-order valence-corrected chi connectivity index (χ2v) is 3.33. The van der Waals surface area contributed by atoms with Crippen LogP contribution in [0.5, 0.6) is 0 Å². The summed E-state index contributed by atoms with van der Waals surface area (Å²) in [7, 11) is 3.03. The lowest BCUT2D eigenvalue weighted by molar-refractivity contribution is -0.119. The van der Waals surface area contributed by atoms with Gasteiger partial charge in [-0.15, -0.1) is 0 Å². The lowest BCUT2D eigenvalue weighted by atomic mass is 10.1. The van der Waals surface area contributed by atoms with Crippen molar-refractivity contribution in [2.24, 2.45) is 12.8 Å². The predicted octanol–water partition coefficient (Wildman–Crippen LogP) is -0.828. The monoisotopic (exact) mass is 226 g/mol. The van der Waals surface area contributed by atoms with E-state index in [1.54, 1.807) is 17.1 Å². The van der Waals surface area contributed by atoms with Crippen LogP contribution >= 0.6 is 0 Å². The van der Waals surface area contributed by atoms with Gasteiger partial charge in [-0.05, 0) is 0 Å². The van der Waals surface area contributed by atoms with E-state index in [-0.39, 0.29) is 6.42 Å². The number of methoxy groups -OCH3 is 1. The standard InChI is InChI=1S/C9H14N4O3/c1-13-4-6(11-5-13)3-7(8(10)14)12-9(15)16-2/h4-5,7H,3H2,1-2H3,(H2,10,14)(H,12,15)/t7-/m0/s1. The van der Waals surface area contributed by atoms with Crippen LogP contribution in [0.3, 0.4) is 0 Å². The average molecular weight is 226 g/mol. The molecule has 7 heteroatoms. The Morgan fingerprint density at radius 2 is 2.38 bits per heavy atom. The summed E-state index contributed by atoms with van der Waals surface area (Å²) in [5, 5.41) is 2.34. The molecule has 0 bridgehead atoms. The minimum atomic E-state index is -0.817. The number of ether oxygens (including phenoxy) is 1. The van der Waals surface area contributed by atoms with Crippen LogP contribution in [-0.4, -0.2) is 34.7 Å². The van der Waals surface area contributed by atoms with Gasteiger partial charge in [-0.1, -0.05) is 0 Å². The molecular formula is C9H14N4O3. The number of imidazole rings is 1. The highest BCUT2D eigenvalue weighted by atomic mass is 16.5. The van der Waals surface area contributed by atoms with E-state index in [1.807, 2.05) is 7.05 Å². The molecule has 0 saturated heterocycles. The fourth-order valence-electron chi connectivity index (χ4n) is 1.21. The van der Waals surface area contributed by atoms with Crippen molar-refractivity contribution in [1.29, 1.82) is 0 Å². The highest BCUT2D eigenvalue weighted by Crippen LogP contribution is 2.00. The van der Waals surface area contributed by atoms with Gasteiger partial charge in [0.15, 0.2) is 0 Å². The Morgan fingerprint density at radius 3 is 2.81 bits per heavy atom. The molecule has 88 valence electrons. The SMILES string of the molecule is COC(=O)N[C@@H](Cc1cn(C)cn1)C(N)=O. The van der Waals surface area contributed by atoms with Crippen molar-refractivity contribution < 1.29 is 14.3 Å². The average Bonchev–Trinajstić information content (AvgIpc) is 2.62. The Hall–Kier alpha value is -2.05. The first-order chi connectivity index (χ1) is 7.52. The molecule has 0 aliphatic rings. The van der Waals surface area contributed by atoms with E-state index in [1.165, 1.54) is 7.11 Å². The lowest BCUT2D eigenvalue weighted by Crippen LogP contribution is -2.45. The van der Waals surface area contributed by atoms with E-state index in [9.17, 15) is 9.59 Å². The van der Waals surface area contributed by atoms with Gasteiger partial charge in [0.1, 0.15) is 6.04 Å². The van der Waals surface area contributed by atoms with Crippen molar-refractivity contribution in [3.05, 3.63) is 18.2 Å². The van der Waals surface area contributed by atoms with Crippen LogP contribution in [0.25, 0.3) is 0 Å². The quantitative estimate of drug-likeness (QED) is 0.700. The molecule has 1 aromatic rings.